The molecule has 0 saturated carbocycles. The van der Waals surface area contributed by atoms with Crippen molar-refractivity contribution in [3.05, 3.63) is 40.8 Å². The Kier molecular flexibility index (Phi) is 3.66. The van der Waals surface area contributed by atoms with Crippen molar-refractivity contribution in [2.75, 3.05) is 7.05 Å². The SMILES string of the molecule is CNCc1cc(C)nc(-c2ncccc2Cl)n1. The highest BCUT2D eigenvalue weighted by molar-refractivity contribution is 6.32. The highest BCUT2D eigenvalue weighted by atomic mass is 35.5. The minimum absolute atomic E-state index is 0.563. The smallest absolute Gasteiger partial charge is 0.180 e. The summed E-state index contributed by atoms with van der Waals surface area (Å²) >= 11 is 6.08. The lowest BCUT2D eigenvalue weighted by Crippen LogP contribution is -2.09. The van der Waals surface area contributed by atoms with Crippen LogP contribution in [-0.4, -0.2) is 22.0 Å². The average Bonchev–Trinajstić information content (AvgIpc) is 2.29. The van der Waals surface area contributed by atoms with Crippen LogP contribution in [0.2, 0.25) is 5.02 Å². The molecule has 1 N–H and O–H groups in total. The van der Waals surface area contributed by atoms with Crippen molar-refractivity contribution in [3.8, 4) is 11.5 Å². The fourth-order valence-electron chi connectivity index (χ4n) is 1.56. The Morgan fingerprint density at radius 2 is 2.18 bits per heavy atom. The monoisotopic (exact) mass is 248 g/mol. The number of aryl methyl sites for hydroxylation is 1. The van der Waals surface area contributed by atoms with E-state index in [1.165, 1.54) is 0 Å². The Morgan fingerprint density at radius 1 is 1.35 bits per heavy atom. The van der Waals surface area contributed by atoms with Crippen LogP contribution in [0.4, 0.5) is 0 Å². The summed E-state index contributed by atoms with van der Waals surface area (Å²) in [6, 6.07) is 5.51. The zero-order valence-corrected chi connectivity index (χ0v) is 10.5. The van der Waals surface area contributed by atoms with Crippen molar-refractivity contribution in [2.45, 2.75) is 13.5 Å². The van der Waals surface area contributed by atoms with Gasteiger partial charge in [-0.15, -0.1) is 0 Å². The number of nitrogens with one attached hydrogen (secondary N) is 1. The van der Waals surface area contributed by atoms with Crippen LogP contribution in [0.15, 0.2) is 24.4 Å². The Morgan fingerprint density at radius 3 is 2.88 bits per heavy atom. The van der Waals surface area contributed by atoms with E-state index in [9.17, 15) is 0 Å². The topological polar surface area (TPSA) is 50.7 Å². The number of hydrogen-bond donors (Lipinski definition) is 1. The highest BCUT2D eigenvalue weighted by Gasteiger charge is 2.09. The van der Waals surface area contributed by atoms with E-state index in [0.29, 0.717) is 23.1 Å². The molecule has 0 saturated heterocycles. The van der Waals surface area contributed by atoms with E-state index in [1.807, 2.05) is 20.0 Å². The Bertz CT molecular complexity index is 528. The lowest BCUT2D eigenvalue weighted by atomic mass is 10.3. The van der Waals surface area contributed by atoms with Gasteiger partial charge in [0.25, 0.3) is 0 Å². The fourth-order valence-corrected chi connectivity index (χ4v) is 1.77. The molecule has 0 aliphatic heterocycles. The largest absolute Gasteiger partial charge is 0.314 e. The molecule has 5 heteroatoms. The Hall–Kier alpha value is -1.52. The average molecular weight is 249 g/mol. The minimum atomic E-state index is 0.563. The normalized spacial score (nSPS) is 10.5. The number of rotatable bonds is 3. The lowest BCUT2D eigenvalue weighted by Gasteiger charge is -2.06. The Labute approximate surface area is 105 Å². The second kappa shape index (κ2) is 5.21. The molecule has 2 aromatic rings. The van der Waals surface area contributed by atoms with Crippen LogP contribution in [0.3, 0.4) is 0 Å². The van der Waals surface area contributed by atoms with Crippen molar-refractivity contribution in [2.24, 2.45) is 0 Å². The molecule has 0 unspecified atom stereocenters. The quantitative estimate of drug-likeness (QED) is 0.905. The molecule has 2 rings (SSSR count). The van der Waals surface area contributed by atoms with Crippen molar-refractivity contribution >= 4 is 11.6 Å². The molecular weight excluding hydrogens is 236 g/mol. The summed E-state index contributed by atoms with van der Waals surface area (Å²) in [5, 5.41) is 3.62. The molecule has 2 aromatic heterocycles. The summed E-state index contributed by atoms with van der Waals surface area (Å²) in [5.74, 6) is 0.570. The van der Waals surface area contributed by atoms with Gasteiger partial charge in [0.2, 0.25) is 0 Å². The van der Waals surface area contributed by atoms with Crippen molar-refractivity contribution in [3.63, 3.8) is 0 Å². The van der Waals surface area contributed by atoms with Crippen LogP contribution in [0.5, 0.6) is 0 Å². The standard InChI is InChI=1S/C12H13ClN4/c1-8-6-9(7-14-2)17-12(16-8)11-10(13)4-3-5-15-11/h3-6,14H,7H2,1-2H3. The molecule has 0 radical (unpaired) electrons. The first-order valence-electron chi connectivity index (χ1n) is 5.31. The molecule has 0 amide bonds. The fraction of sp³-hybridized carbons (Fsp3) is 0.250. The predicted octanol–water partition coefficient (Wildman–Crippen LogP) is 2.22. The summed E-state index contributed by atoms with van der Waals surface area (Å²) in [4.78, 5) is 13.0. The van der Waals surface area contributed by atoms with E-state index < -0.39 is 0 Å². The van der Waals surface area contributed by atoms with E-state index in [1.54, 1.807) is 18.3 Å². The maximum atomic E-state index is 6.08. The third-order valence-corrected chi connectivity index (χ3v) is 2.54. The number of pyridine rings is 1. The van der Waals surface area contributed by atoms with Gasteiger partial charge in [-0.2, -0.15) is 0 Å². The van der Waals surface area contributed by atoms with Gasteiger partial charge >= 0.3 is 0 Å². The first kappa shape index (κ1) is 12.0. The molecular formula is C12H13ClN4. The van der Waals surface area contributed by atoms with Crippen LogP contribution >= 0.6 is 11.6 Å². The van der Waals surface area contributed by atoms with Gasteiger partial charge in [0.05, 0.1) is 10.7 Å². The third-order valence-electron chi connectivity index (χ3n) is 2.24. The number of aromatic nitrogens is 3. The van der Waals surface area contributed by atoms with Crippen LogP contribution in [0.25, 0.3) is 11.5 Å². The van der Waals surface area contributed by atoms with Gasteiger partial charge in [0.15, 0.2) is 5.82 Å². The molecule has 0 aliphatic carbocycles. The summed E-state index contributed by atoms with van der Waals surface area (Å²) in [5.41, 5.74) is 2.45. The zero-order chi connectivity index (χ0) is 12.3. The van der Waals surface area contributed by atoms with Gasteiger partial charge in [-0.05, 0) is 32.2 Å². The molecule has 0 aromatic carbocycles. The Balaban J connectivity index is 2.48. The molecule has 0 spiro atoms. The van der Waals surface area contributed by atoms with Gasteiger partial charge in [-0.1, -0.05) is 11.6 Å². The summed E-state index contributed by atoms with van der Waals surface area (Å²) in [7, 11) is 1.88. The number of nitrogens with zero attached hydrogens (tertiary/aromatic N) is 3. The maximum Gasteiger partial charge on any atom is 0.180 e. The second-order valence-corrected chi connectivity index (χ2v) is 4.10. The van der Waals surface area contributed by atoms with E-state index in [2.05, 4.69) is 20.3 Å². The second-order valence-electron chi connectivity index (χ2n) is 3.69. The van der Waals surface area contributed by atoms with Gasteiger partial charge in [0, 0.05) is 18.4 Å². The van der Waals surface area contributed by atoms with Crippen molar-refractivity contribution < 1.29 is 0 Å². The highest BCUT2D eigenvalue weighted by Crippen LogP contribution is 2.22. The van der Waals surface area contributed by atoms with Gasteiger partial charge in [-0.25, -0.2) is 9.97 Å². The third kappa shape index (κ3) is 2.78. The predicted molar refractivity (Wildman–Crippen MR) is 67.8 cm³/mol. The maximum absolute atomic E-state index is 6.08. The first-order valence-corrected chi connectivity index (χ1v) is 5.68. The summed E-state index contributed by atoms with van der Waals surface area (Å²) in [6.45, 7) is 2.63. The summed E-state index contributed by atoms with van der Waals surface area (Å²) < 4.78 is 0. The van der Waals surface area contributed by atoms with Gasteiger partial charge < -0.3 is 5.32 Å². The molecule has 0 atom stereocenters. The van der Waals surface area contributed by atoms with E-state index >= 15 is 0 Å². The molecule has 4 nitrogen and oxygen atoms in total. The van der Waals surface area contributed by atoms with Gasteiger partial charge in [-0.3, -0.25) is 4.98 Å². The van der Waals surface area contributed by atoms with Crippen LogP contribution in [0, 0.1) is 6.92 Å². The molecule has 0 fully saturated rings. The first-order chi connectivity index (χ1) is 8.20. The van der Waals surface area contributed by atoms with Crippen molar-refractivity contribution in [1.29, 1.82) is 0 Å². The molecule has 17 heavy (non-hydrogen) atoms. The summed E-state index contributed by atoms with van der Waals surface area (Å²) in [6.07, 6.45) is 1.69. The lowest BCUT2D eigenvalue weighted by molar-refractivity contribution is 0.784. The molecule has 0 bridgehead atoms. The van der Waals surface area contributed by atoms with Crippen LogP contribution < -0.4 is 5.32 Å². The number of halogens is 1. The number of hydrogen-bond acceptors (Lipinski definition) is 4. The van der Waals surface area contributed by atoms with Crippen LogP contribution in [-0.2, 0) is 6.54 Å². The zero-order valence-electron chi connectivity index (χ0n) is 9.74. The molecule has 88 valence electrons. The molecule has 0 aliphatic rings. The van der Waals surface area contributed by atoms with Crippen LogP contribution in [0.1, 0.15) is 11.4 Å². The van der Waals surface area contributed by atoms with E-state index in [4.69, 9.17) is 11.6 Å². The minimum Gasteiger partial charge on any atom is -0.314 e. The van der Waals surface area contributed by atoms with E-state index in [-0.39, 0.29) is 0 Å². The molecule has 2 heterocycles. The van der Waals surface area contributed by atoms with E-state index in [0.717, 1.165) is 11.4 Å². The van der Waals surface area contributed by atoms with Gasteiger partial charge in [0.1, 0.15) is 5.69 Å². The van der Waals surface area contributed by atoms with Crippen molar-refractivity contribution in [1.82, 2.24) is 20.3 Å².